The first-order valence-corrected chi connectivity index (χ1v) is 14.7. The van der Waals surface area contributed by atoms with Crippen LogP contribution in [0.15, 0.2) is 42.7 Å². The Morgan fingerprint density at radius 3 is 2.46 bits per heavy atom. The molecule has 1 spiro atoms. The molecular formula is C33H38N6O2. The summed E-state index contributed by atoms with van der Waals surface area (Å²) in [6.07, 6.45) is 4.81. The molecule has 41 heavy (non-hydrogen) atoms. The smallest absolute Gasteiger partial charge is 0.254 e. The van der Waals surface area contributed by atoms with Crippen LogP contribution in [0.2, 0.25) is 0 Å². The second kappa shape index (κ2) is 9.96. The molecule has 4 aromatic rings. The predicted octanol–water partition coefficient (Wildman–Crippen LogP) is 4.70. The van der Waals surface area contributed by atoms with E-state index in [1.54, 1.807) is 0 Å². The summed E-state index contributed by atoms with van der Waals surface area (Å²) in [5, 5.41) is 0. The fourth-order valence-electron chi connectivity index (χ4n) is 6.72. The number of amides is 1. The largest absolute Gasteiger partial charge is 0.380 e. The lowest BCUT2D eigenvalue weighted by Gasteiger charge is -2.55. The first kappa shape index (κ1) is 26.2. The number of likely N-dealkylation sites (N-methyl/N-ethyl adjacent to an activating group) is 1. The van der Waals surface area contributed by atoms with Crippen LogP contribution in [0.1, 0.15) is 34.0 Å². The number of H-pyrrole nitrogens is 1. The zero-order chi connectivity index (χ0) is 28.3. The van der Waals surface area contributed by atoms with Crippen molar-refractivity contribution in [2.24, 2.45) is 5.41 Å². The van der Waals surface area contributed by atoms with E-state index in [0.29, 0.717) is 0 Å². The van der Waals surface area contributed by atoms with Gasteiger partial charge in [-0.3, -0.25) is 4.79 Å². The van der Waals surface area contributed by atoms with E-state index in [2.05, 4.69) is 53.9 Å². The van der Waals surface area contributed by atoms with Gasteiger partial charge in [0.2, 0.25) is 0 Å². The van der Waals surface area contributed by atoms with Gasteiger partial charge in [0.1, 0.15) is 5.52 Å². The number of ether oxygens (including phenoxy) is 1. The molecule has 2 aromatic carbocycles. The first-order chi connectivity index (χ1) is 19.8. The molecule has 1 amide bonds. The summed E-state index contributed by atoms with van der Waals surface area (Å²) in [5.41, 5.74) is 11.6. The van der Waals surface area contributed by atoms with Crippen molar-refractivity contribution in [3.8, 4) is 22.4 Å². The number of likely N-dealkylation sites (tertiary alicyclic amines) is 1. The Hall–Kier alpha value is -3.75. The molecule has 8 nitrogen and oxygen atoms in total. The van der Waals surface area contributed by atoms with Crippen molar-refractivity contribution in [2.45, 2.75) is 27.2 Å². The molecule has 3 fully saturated rings. The summed E-state index contributed by atoms with van der Waals surface area (Å²) in [6.45, 7) is 13.9. The molecule has 3 aliphatic rings. The lowest BCUT2D eigenvalue weighted by atomic mass is 9.77. The highest BCUT2D eigenvalue weighted by molar-refractivity contribution is 5.98. The number of aryl methyl sites for hydroxylation is 3. The topological polar surface area (TPSA) is 77.6 Å². The number of piperazine rings is 1. The van der Waals surface area contributed by atoms with Gasteiger partial charge in [-0.15, -0.1) is 0 Å². The van der Waals surface area contributed by atoms with Gasteiger partial charge in [0.15, 0.2) is 5.65 Å². The van der Waals surface area contributed by atoms with Gasteiger partial charge in [-0.1, -0.05) is 19.1 Å². The van der Waals surface area contributed by atoms with E-state index in [9.17, 15) is 4.79 Å². The van der Waals surface area contributed by atoms with Crippen LogP contribution >= 0.6 is 0 Å². The van der Waals surface area contributed by atoms with Crippen LogP contribution in [0.4, 0.5) is 5.69 Å². The molecule has 0 radical (unpaired) electrons. The summed E-state index contributed by atoms with van der Waals surface area (Å²) in [5.74, 6) is 0.106. The van der Waals surface area contributed by atoms with Gasteiger partial charge in [-0.05, 0) is 67.8 Å². The van der Waals surface area contributed by atoms with E-state index in [1.165, 1.54) is 16.8 Å². The minimum atomic E-state index is 0.106. The molecule has 2 aromatic heterocycles. The summed E-state index contributed by atoms with van der Waals surface area (Å²) in [7, 11) is 2.20. The van der Waals surface area contributed by atoms with E-state index >= 15 is 0 Å². The summed E-state index contributed by atoms with van der Waals surface area (Å²) in [6, 6.07) is 10.6. The Morgan fingerprint density at radius 1 is 1.02 bits per heavy atom. The van der Waals surface area contributed by atoms with Crippen LogP contribution in [0.5, 0.6) is 0 Å². The number of carbonyl (C=O) groups excluding carboxylic acids is 1. The summed E-state index contributed by atoms with van der Waals surface area (Å²) in [4.78, 5) is 33.2. The fourth-order valence-corrected chi connectivity index (χ4v) is 6.72. The van der Waals surface area contributed by atoms with Gasteiger partial charge >= 0.3 is 0 Å². The van der Waals surface area contributed by atoms with Crippen molar-refractivity contribution < 1.29 is 9.53 Å². The zero-order valence-corrected chi connectivity index (χ0v) is 24.5. The lowest BCUT2D eigenvalue weighted by Crippen LogP contribution is -2.67. The van der Waals surface area contributed by atoms with Crippen LogP contribution in [-0.4, -0.2) is 90.2 Å². The van der Waals surface area contributed by atoms with E-state index in [0.717, 1.165) is 104 Å². The molecule has 0 saturated carbocycles. The van der Waals surface area contributed by atoms with Gasteiger partial charge in [-0.2, -0.15) is 0 Å². The van der Waals surface area contributed by atoms with Gasteiger partial charge in [-0.25, -0.2) is 9.97 Å². The third kappa shape index (κ3) is 4.50. The quantitative estimate of drug-likeness (QED) is 0.388. The molecular weight excluding hydrogens is 512 g/mol. The normalized spacial score (nSPS) is 18.5. The summed E-state index contributed by atoms with van der Waals surface area (Å²) >= 11 is 0. The Labute approximate surface area is 241 Å². The second-order valence-corrected chi connectivity index (χ2v) is 12.3. The van der Waals surface area contributed by atoms with Crippen LogP contribution in [-0.2, 0) is 11.2 Å². The Balaban J connectivity index is 1.18. The van der Waals surface area contributed by atoms with Crippen LogP contribution in [0.25, 0.3) is 33.5 Å². The molecule has 7 rings (SSSR count). The number of aromatic amines is 1. The number of carbonyl (C=O) groups is 1. The third-order valence-electron chi connectivity index (χ3n) is 9.18. The predicted molar refractivity (Wildman–Crippen MR) is 162 cm³/mol. The number of hydrogen-bond donors (Lipinski definition) is 1. The standard InChI is InChI=1S/C33H38N6O2/c1-5-23-14-25(13-22(3)30(23)38-10-8-37(4)9-11-38)28-16-35-31-29(36-28)27(15-34-31)24-6-7-26(21(2)12-24)32(40)39-17-33(18-39)19-41-20-33/h6-7,12-16H,5,8-11,17-20H2,1-4H3,(H,34,35). The molecule has 8 heteroatoms. The zero-order valence-electron chi connectivity index (χ0n) is 24.5. The van der Waals surface area contributed by atoms with E-state index in [-0.39, 0.29) is 11.3 Å². The van der Waals surface area contributed by atoms with Crippen molar-refractivity contribution in [1.82, 2.24) is 24.8 Å². The maximum absolute atomic E-state index is 13.2. The minimum absolute atomic E-state index is 0.106. The van der Waals surface area contributed by atoms with E-state index < -0.39 is 0 Å². The van der Waals surface area contributed by atoms with Crippen LogP contribution in [0.3, 0.4) is 0 Å². The monoisotopic (exact) mass is 550 g/mol. The highest BCUT2D eigenvalue weighted by atomic mass is 16.5. The highest BCUT2D eigenvalue weighted by Crippen LogP contribution is 2.39. The van der Waals surface area contributed by atoms with Gasteiger partial charge in [0.05, 0.1) is 30.5 Å². The average Bonchev–Trinajstić information content (AvgIpc) is 3.35. The Bertz CT molecular complexity index is 1640. The molecule has 3 saturated heterocycles. The maximum atomic E-state index is 13.2. The second-order valence-electron chi connectivity index (χ2n) is 12.3. The Morgan fingerprint density at radius 2 is 1.78 bits per heavy atom. The third-order valence-corrected chi connectivity index (χ3v) is 9.18. The van der Waals surface area contributed by atoms with E-state index in [4.69, 9.17) is 14.7 Å². The minimum Gasteiger partial charge on any atom is -0.380 e. The number of nitrogens with zero attached hydrogens (tertiary/aromatic N) is 5. The molecule has 3 aliphatic heterocycles. The number of aromatic nitrogens is 3. The highest BCUT2D eigenvalue weighted by Gasteiger charge is 2.50. The first-order valence-electron chi connectivity index (χ1n) is 14.7. The molecule has 0 unspecified atom stereocenters. The molecule has 0 atom stereocenters. The number of anilines is 1. The van der Waals surface area contributed by atoms with Crippen LogP contribution in [0, 0.1) is 19.3 Å². The average molecular weight is 551 g/mol. The van der Waals surface area contributed by atoms with Crippen molar-refractivity contribution in [2.75, 3.05) is 64.4 Å². The number of benzene rings is 2. The van der Waals surface area contributed by atoms with Crippen LogP contribution < -0.4 is 4.90 Å². The molecule has 212 valence electrons. The Kier molecular flexibility index (Phi) is 6.36. The van der Waals surface area contributed by atoms with Crippen molar-refractivity contribution in [3.63, 3.8) is 0 Å². The summed E-state index contributed by atoms with van der Waals surface area (Å²) < 4.78 is 5.36. The van der Waals surface area contributed by atoms with Gasteiger partial charge < -0.3 is 24.4 Å². The fraction of sp³-hybridized carbons (Fsp3) is 0.424. The van der Waals surface area contributed by atoms with Gasteiger partial charge in [0.25, 0.3) is 5.91 Å². The number of rotatable bonds is 5. The maximum Gasteiger partial charge on any atom is 0.254 e. The molecule has 0 aliphatic carbocycles. The lowest BCUT2D eigenvalue weighted by molar-refractivity contribution is -0.176. The molecule has 1 N–H and O–H groups in total. The number of hydrogen-bond acceptors (Lipinski definition) is 6. The molecule has 5 heterocycles. The molecule has 0 bridgehead atoms. The van der Waals surface area contributed by atoms with Crippen molar-refractivity contribution in [3.05, 3.63) is 65.0 Å². The number of nitrogens with one attached hydrogen (secondary N) is 1. The van der Waals surface area contributed by atoms with E-state index in [1.807, 2.05) is 36.4 Å². The number of fused-ring (bicyclic) bond motifs is 1. The van der Waals surface area contributed by atoms with Gasteiger partial charge in [0, 0.05) is 67.8 Å². The van der Waals surface area contributed by atoms with Crippen molar-refractivity contribution >= 4 is 22.8 Å². The SMILES string of the molecule is CCc1cc(-c2cnc3[nH]cc(-c4ccc(C(=O)N5CC6(COC6)C5)c(C)c4)c3n2)cc(C)c1N1CCN(C)CC1. The van der Waals surface area contributed by atoms with Crippen molar-refractivity contribution in [1.29, 1.82) is 0 Å².